The summed E-state index contributed by atoms with van der Waals surface area (Å²) in [6.45, 7) is 0.682. The number of carbonyl (C=O) groups excluding carboxylic acids is 1. The lowest BCUT2D eigenvalue weighted by atomic mass is 10.2. The van der Waals surface area contributed by atoms with E-state index in [4.69, 9.17) is 5.26 Å². The zero-order valence-corrected chi connectivity index (χ0v) is 12.5. The van der Waals surface area contributed by atoms with Crippen LogP contribution in [0.2, 0.25) is 0 Å². The largest absolute Gasteiger partial charge is 0.465 e. The predicted molar refractivity (Wildman–Crippen MR) is 71.8 cm³/mol. The Bertz CT molecular complexity index is 668. The van der Waals surface area contributed by atoms with Crippen molar-refractivity contribution in [2.45, 2.75) is 30.8 Å². The molecule has 21 heavy (non-hydrogen) atoms. The Labute approximate surface area is 123 Å². The van der Waals surface area contributed by atoms with E-state index in [0.29, 0.717) is 13.1 Å². The van der Waals surface area contributed by atoms with E-state index in [9.17, 15) is 13.2 Å². The van der Waals surface area contributed by atoms with Crippen LogP contribution in [0.4, 0.5) is 0 Å². The number of hydrogen-bond acceptors (Lipinski definition) is 6. The highest BCUT2D eigenvalue weighted by molar-refractivity contribution is 7.89. The third-order valence-corrected chi connectivity index (χ3v) is 5.10. The molecule has 0 spiro atoms. The Morgan fingerprint density at radius 2 is 2.10 bits per heavy atom. The number of methoxy groups -OCH3 is 1. The number of carbonyl (C=O) groups is 1. The molecule has 0 saturated carbocycles. The standard InChI is InChI=1S/C12H16N4O4S/c1-20-12(17)10-9-15(8-5-13)14-11(10)21(18,19)16-6-3-2-4-7-16/h9H,2-4,6-8H2,1H3. The zero-order valence-electron chi connectivity index (χ0n) is 11.7. The second-order valence-electron chi connectivity index (χ2n) is 4.66. The van der Waals surface area contributed by atoms with Crippen molar-refractivity contribution in [1.82, 2.24) is 14.1 Å². The minimum absolute atomic E-state index is 0.139. The van der Waals surface area contributed by atoms with Gasteiger partial charge >= 0.3 is 5.97 Å². The van der Waals surface area contributed by atoms with Crippen LogP contribution in [0.15, 0.2) is 11.2 Å². The summed E-state index contributed by atoms with van der Waals surface area (Å²) < 4.78 is 32.3. The molecule has 8 nitrogen and oxygen atoms in total. The van der Waals surface area contributed by atoms with Crippen LogP contribution in [0.3, 0.4) is 0 Å². The molecule has 0 aliphatic carbocycles. The maximum atomic E-state index is 12.6. The number of nitrogens with zero attached hydrogens (tertiary/aromatic N) is 4. The summed E-state index contributed by atoms with van der Waals surface area (Å²) in [4.78, 5) is 11.7. The summed E-state index contributed by atoms with van der Waals surface area (Å²) in [5.41, 5.74) is -0.140. The van der Waals surface area contributed by atoms with Gasteiger partial charge in [0.05, 0.1) is 13.2 Å². The predicted octanol–water partition coefficient (Wildman–Crippen LogP) is 0.368. The molecule has 1 saturated heterocycles. The summed E-state index contributed by atoms with van der Waals surface area (Å²) in [7, 11) is -2.69. The fraction of sp³-hybridized carbons (Fsp3) is 0.583. The molecular weight excluding hydrogens is 296 g/mol. The quantitative estimate of drug-likeness (QED) is 0.744. The van der Waals surface area contributed by atoms with Gasteiger partial charge in [0, 0.05) is 19.3 Å². The Kier molecular flexibility index (Phi) is 4.59. The second-order valence-corrected chi connectivity index (χ2v) is 6.51. The van der Waals surface area contributed by atoms with E-state index in [1.54, 1.807) is 0 Å². The minimum Gasteiger partial charge on any atom is -0.465 e. The molecule has 1 aliphatic heterocycles. The number of esters is 1. The summed E-state index contributed by atoms with van der Waals surface area (Å²) in [5.74, 6) is -0.783. The molecular formula is C12H16N4O4S. The number of piperidine rings is 1. The topological polar surface area (TPSA) is 105 Å². The van der Waals surface area contributed by atoms with Gasteiger partial charge in [-0.25, -0.2) is 13.2 Å². The van der Waals surface area contributed by atoms with Crippen molar-refractivity contribution in [3.8, 4) is 6.07 Å². The average molecular weight is 312 g/mol. The summed E-state index contributed by atoms with van der Waals surface area (Å²) in [5, 5.41) is 12.2. The van der Waals surface area contributed by atoms with Gasteiger partial charge in [-0.1, -0.05) is 6.42 Å². The normalized spacial score (nSPS) is 16.4. The molecule has 0 unspecified atom stereocenters. The van der Waals surface area contributed by atoms with E-state index in [2.05, 4.69) is 9.84 Å². The number of nitriles is 1. The van der Waals surface area contributed by atoms with Crippen LogP contribution in [0.25, 0.3) is 0 Å². The molecule has 1 aliphatic rings. The van der Waals surface area contributed by atoms with Gasteiger partial charge in [-0.15, -0.1) is 0 Å². The third-order valence-electron chi connectivity index (χ3n) is 3.27. The number of rotatable bonds is 4. The first kappa shape index (κ1) is 15.5. The number of hydrogen-bond donors (Lipinski definition) is 0. The first-order valence-electron chi connectivity index (χ1n) is 6.53. The fourth-order valence-electron chi connectivity index (χ4n) is 2.23. The van der Waals surface area contributed by atoms with Crippen LogP contribution in [0.1, 0.15) is 29.6 Å². The van der Waals surface area contributed by atoms with Crippen LogP contribution in [-0.4, -0.2) is 48.7 Å². The molecule has 9 heteroatoms. The van der Waals surface area contributed by atoms with Crippen molar-refractivity contribution in [2.75, 3.05) is 20.2 Å². The van der Waals surface area contributed by atoms with Crippen molar-refractivity contribution in [3.05, 3.63) is 11.8 Å². The van der Waals surface area contributed by atoms with Crippen molar-refractivity contribution < 1.29 is 17.9 Å². The van der Waals surface area contributed by atoms with Crippen LogP contribution in [-0.2, 0) is 21.3 Å². The molecule has 0 N–H and O–H groups in total. The van der Waals surface area contributed by atoms with E-state index >= 15 is 0 Å². The van der Waals surface area contributed by atoms with Crippen LogP contribution < -0.4 is 0 Å². The molecule has 0 amide bonds. The first-order valence-corrected chi connectivity index (χ1v) is 7.97. The minimum atomic E-state index is -3.85. The van der Waals surface area contributed by atoms with E-state index in [1.807, 2.05) is 6.07 Å². The van der Waals surface area contributed by atoms with Gasteiger partial charge in [-0.05, 0) is 12.8 Å². The lowest BCUT2D eigenvalue weighted by Crippen LogP contribution is -2.36. The van der Waals surface area contributed by atoms with Crippen LogP contribution in [0, 0.1) is 11.3 Å². The van der Waals surface area contributed by atoms with Crippen molar-refractivity contribution in [3.63, 3.8) is 0 Å². The highest BCUT2D eigenvalue weighted by atomic mass is 32.2. The number of ether oxygens (including phenoxy) is 1. The van der Waals surface area contributed by atoms with Gasteiger partial charge in [0.25, 0.3) is 10.0 Å². The monoisotopic (exact) mass is 312 g/mol. The molecule has 0 bridgehead atoms. The summed E-state index contributed by atoms with van der Waals surface area (Å²) in [6.07, 6.45) is 3.78. The van der Waals surface area contributed by atoms with Gasteiger partial charge in [-0.2, -0.15) is 14.7 Å². The highest BCUT2D eigenvalue weighted by Crippen LogP contribution is 2.22. The smallest absolute Gasteiger partial charge is 0.342 e. The SMILES string of the molecule is COC(=O)c1cn(CC#N)nc1S(=O)(=O)N1CCCCC1. The third kappa shape index (κ3) is 3.06. The summed E-state index contributed by atoms with van der Waals surface area (Å²) >= 11 is 0. The van der Waals surface area contributed by atoms with Crippen LogP contribution in [0.5, 0.6) is 0 Å². The average Bonchev–Trinajstić information content (AvgIpc) is 2.92. The highest BCUT2D eigenvalue weighted by Gasteiger charge is 2.33. The fourth-order valence-corrected chi connectivity index (χ4v) is 3.83. The zero-order chi connectivity index (χ0) is 15.5. The van der Waals surface area contributed by atoms with Gasteiger partial charge in [-0.3, -0.25) is 4.68 Å². The van der Waals surface area contributed by atoms with E-state index < -0.39 is 16.0 Å². The molecule has 1 aromatic heterocycles. The lowest BCUT2D eigenvalue weighted by Gasteiger charge is -2.25. The molecule has 114 valence electrons. The summed E-state index contributed by atoms with van der Waals surface area (Å²) in [6, 6.07) is 1.85. The molecule has 0 atom stereocenters. The van der Waals surface area contributed by atoms with Crippen LogP contribution >= 0.6 is 0 Å². The van der Waals surface area contributed by atoms with E-state index in [0.717, 1.165) is 23.9 Å². The first-order chi connectivity index (χ1) is 10.0. The molecule has 2 heterocycles. The second kappa shape index (κ2) is 6.24. The molecule has 1 fully saturated rings. The van der Waals surface area contributed by atoms with Crippen molar-refractivity contribution in [1.29, 1.82) is 5.26 Å². The van der Waals surface area contributed by atoms with Gasteiger partial charge < -0.3 is 4.74 Å². The van der Waals surface area contributed by atoms with Gasteiger partial charge in [0.1, 0.15) is 12.1 Å². The molecule has 0 radical (unpaired) electrons. The molecule has 1 aromatic rings. The molecule has 2 rings (SSSR count). The van der Waals surface area contributed by atoms with Gasteiger partial charge in [0.15, 0.2) is 0 Å². The van der Waals surface area contributed by atoms with Crippen molar-refractivity contribution in [2.24, 2.45) is 0 Å². The Hall–Kier alpha value is -1.92. The number of sulfonamides is 1. The maximum absolute atomic E-state index is 12.6. The Morgan fingerprint density at radius 3 is 2.67 bits per heavy atom. The Morgan fingerprint density at radius 1 is 1.43 bits per heavy atom. The van der Waals surface area contributed by atoms with Crippen molar-refractivity contribution >= 4 is 16.0 Å². The number of aromatic nitrogens is 2. The Balaban J connectivity index is 2.45. The molecule has 0 aromatic carbocycles. The van der Waals surface area contributed by atoms with Gasteiger partial charge in [0.2, 0.25) is 5.03 Å². The van der Waals surface area contributed by atoms with E-state index in [1.165, 1.54) is 17.6 Å². The van der Waals surface area contributed by atoms with E-state index in [-0.39, 0.29) is 17.1 Å². The maximum Gasteiger partial charge on any atom is 0.342 e. The lowest BCUT2D eigenvalue weighted by molar-refractivity contribution is 0.0596.